The second kappa shape index (κ2) is 5.98. The highest BCUT2D eigenvalue weighted by Gasteiger charge is 2.37. The van der Waals surface area contributed by atoms with Crippen molar-refractivity contribution in [3.8, 4) is 6.07 Å². The largest absolute Gasteiger partial charge is 0.326 e. The van der Waals surface area contributed by atoms with Crippen molar-refractivity contribution in [1.82, 2.24) is 0 Å². The lowest BCUT2D eigenvalue weighted by Gasteiger charge is -2.16. The summed E-state index contributed by atoms with van der Waals surface area (Å²) < 4.78 is 13.1. The van der Waals surface area contributed by atoms with Crippen LogP contribution in [-0.2, 0) is 4.79 Å². The number of carbonyl (C=O) groups excluding carboxylic acids is 1. The van der Waals surface area contributed by atoms with E-state index in [1.54, 1.807) is 36.4 Å². The summed E-state index contributed by atoms with van der Waals surface area (Å²) in [6.07, 6.45) is 2.03. The molecule has 22 heavy (non-hydrogen) atoms. The third kappa shape index (κ3) is 3.15. The Balaban J connectivity index is 1.78. The van der Waals surface area contributed by atoms with Crippen LogP contribution in [0.1, 0.15) is 29.9 Å². The van der Waals surface area contributed by atoms with E-state index >= 15 is 0 Å². The fraction of sp³-hybridized carbons (Fsp3) is 0.222. The SMILES string of the molecule is N#Cc1ccc(NC(=O)C(c2ccc(F)cc2)C2CC2)cc1. The van der Waals surface area contributed by atoms with Gasteiger partial charge in [0, 0.05) is 5.69 Å². The van der Waals surface area contributed by atoms with Crippen LogP contribution < -0.4 is 5.32 Å². The molecule has 0 aromatic heterocycles. The molecule has 4 heteroatoms. The van der Waals surface area contributed by atoms with Gasteiger partial charge in [-0.15, -0.1) is 0 Å². The highest BCUT2D eigenvalue weighted by Crippen LogP contribution is 2.43. The first-order valence-electron chi connectivity index (χ1n) is 7.24. The van der Waals surface area contributed by atoms with E-state index in [-0.39, 0.29) is 17.6 Å². The van der Waals surface area contributed by atoms with Gasteiger partial charge in [0.15, 0.2) is 0 Å². The van der Waals surface area contributed by atoms with E-state index in [0.717, 1.165) is 18.4 Å². The van der Waals surface area contributed by atoms with E-state index in [1.807, 2.05) is 6.07 Å². The molecule has 1 aliphatic rings. The fourth-order valence-electron chi connectivity index (χ4n) is 2.59. The zero-order valence-corrected chi connectivity index (χ0v) is 11.9. The van der Waals surface area contributed by atoms with Gasteiger partial charge < -0.3 is 5.32 Å². The van der Waals surface area contributed by atoms with Crippen molar-refractivity contribution in [3.05, 3.63) is 65.5 Å². The topological polar surface area (TPSA) is 52.9 Å². The molecule has 0 bridgehead atoms. The molecule has 0 heterocycles. The van der Waals surface area contributed by atoms with Crippen LogP contribution in [0.25, 0.3) is 0 Å². The molecular formula is C18H15FN2O. The Hall–Kier alpha value is -2.67. The number of nitrogens with one attached hydrogen (secondary N) is 1. The van der Waals surface area contributed by atoms with Crippen LogP contribution in [0.3, 0.4) is 0 Å². The van der Waals surface area contributed by atoms with Gasteiger partial charge in [-0.05, 0) is 60.7 Å². The quantitative estimate of drug-likeness (QED) is 0.931. The molecule has 3 nitrogen and oxygen atoms in total. The Morgan fingerprint density at radius 3 is 2.32 bits per heavy atom. The van der Waals surface area contributed by atoms with E-state index in [9.17, 15) is 9.18 Å². The molecule has 1 unspecified atom stereocenters. The van der Waals surface area contributed by atoms with Gasteiger partial charge in [-0.25, -0.2) is 4.39 Å². The first kappa shape index (κ1) is 14.3. The van der Waals surface area contributed by atoms with Crippen molar-refractivity contribution in [1.29, 1.82) is 5.26 Å². The predicted octanol–water partition coefficient (Wildman–Crippen LogP) is 3.83. The fourth-order valence-corrected chi connectivity index (χ4v) is 2.59. The lowest BCUT2D eigenvalue weighted by atomic mass is 9.93. The Kier molecular flexibility index (Phi) is 3.88. The van der Waals surface area contributed by atoms with Crippen LogP contribution in [0.2, 0.25) is 0 Å². The molecule has 0 aliphatic heterocycles. The van der Waals surface area contributed by atoms with Gasteiger partial charge in [-0.1, -0.05) is 12.1 Å². The summed E-state index contributed by atoms with van der Waals surface area (Å²) in [5, 5.41) is 11.7. The first-order valence-corrected chi connectivity index (χ1v) is 7.24. The van der Waals surface area contributed by atoms with Crippen molar-refractivity contribution in [2.75, 3.05) is 5.32 Å². The molecule has 1 aliphatic carbocycles. The smallest absolute Gasteiger partial charge is 0.232 e. The van der Waals surface area contributed by atoms with Gasteiger partial charge in [-0.3, -0.25) is 4.79 Å². The summed E-state index contributed by atoms with van der Waals surface area (Å²) in [6, 6.07) is 14.9. The molecule has 2 aromatic carbocycles. The molecule has 1 N–H and O–H groups in total. The molecule has 1 fully saturated rings. The van der Waals surface area contributed by atoms with Gasteiger partial charge in [0.2, 0.25) is 5.91 Å². The molecule has 0 radical (unpaired) electrons. The van der Waals surface area contributed by atoms with Crippen molar-refractivity contribution >= 4 is 11.6 Å². The molecule has 3 rings (SSSR count). The van der Waals surface area contributed by atoms with Crippen molar-refractivity contribution in [2.45, 2.75) is 18.8 Å². The Morgan fingerprint density at radius 2 is 1.77 bits per heavy atom. The Morgan fingerprint density at radius 1 is 1.14 bits per heavy atom. The number of benzene rings is 2. The summed E-state index contributed by atoms with van der Waals surface area (Å²) >= 11 is 0. The molecule has 1 saturated carbocycles. The number of nitrogens with zero attached hydrogens (tertiary/aromatic N) is 1. The predicted molar refractivity (Wildman–Crippen MR) is 81.7 cm³/mol. The zero-order valence-electron chi connectivity index (χ0n) is 11.9. The molecule has 0 saturated heterocycles. The lowest BCUT2D eigenvalue weighted by Crippen LogP contribution is -2.22. The summed E-state index contributed by atoms with van der Waals surface area (Å²) in [7, 11) is 0. The maximum absolute atomic E-state index is 13.1. The Bertz CT molecular complexity index is 712. The average Bonchev–Trinajstić information content (AvgIpc) is 3.35. The van der Waals surface area contributed by atoms with Crippen LogP contribution in [0, 0.1) is 23.1 Å². The normalized spacial score (nSPS) is 14.9. The molecule has 110 valence electrons. The van der Waals surface area contributed by atoms with Gasteiger partial charge in [-0.2, -0.15) is 5.26 Å². The zero-order chi connectivity index (χ0) is 15.5. The van der Waals surface area contributed by atoms with Gasteiger partial charge in [0.05, 0.1) is 17.6 Å². The minimum absolute atomic E-state index is 0.0844. The number of amides is 1. The van der Waals surface area contributed by atoms with E-state index < -0.39 is 0 Å². The molecule has 2 aromatic rings. The van der Waals surface area contributed by atoms with Crippen molar-refractivity contribution < 1.29 is 9.18 Å². The number of nitriles is 1. The minimum atomic E-state index is -0.300. The number of rotatable bonds is 4. The van der Waals surface area contributed by atoms with Gasteiger partial charge in [0.1, 0.15) is 5.82 Å². The number of hydrogen-bond acceptors (Lipinski definition) is 2. The van der Waals surface area contributed by atoms with Gasteiger partial charge in [0.25, 0.3) is 0 Å². The number of anilines is 1. The maximum Gasteiger partial charge on any atom is 0.232 e. The molecule has 1 atom stereocenters. The average molecular weight is 294 g/mol. The maximum atomic E-state index is 13.1. The van der Waals surface area contributed by atoms with Gasteiger partial charge >= 0.3 is 0 Å². The summed E-state index contributed by atoms with van der Waals surface area (Å²) in [4.78, 5) is 12.6. The monoisotopic (exact) mass is 294 g/mol. The van der Waals surface area contributed by atoms with Crippen LogP contribution in [0.5, 0.6) is 0 Å². The van der Waals surface area contributed by atoms with Crippen LogP contribution >= 0.6 is 0 Å². The van der Waals surface area contributed by atoms with Crippen LogP contribution in [0.4, 0.5) is 10.1 Å². The summed E-state index contributed by atoms with van der Waals surface area (Å²) in [6.45, 7) is 0. The second-order valence-corrected chi connectivity index (χ2v) is 5.55. The number of carbonyl (C=O) groups is 1. The van der Waals surface area contributed by atoms with Crippen molar-refractivity contribution in [2.24, 2.45) is 5.92 Å². The first-order chi connectivity index (χ1) is 10.7. The van der Waals surface area contributed by atoms with Crippen LogP contribution in [-0.4, -0.2) is 5.91 Å². The van der Waals surface area contributed by atoms with Crippen molar-refractivity contribution in [3.63, 3.8) is 0 Å². The number of hydrogen-bond donors (Lipinski definition) is 1. The lowest BCUT2D eigenvalue weighted by molar-refractivity contribution is -0.118. The van der Waals surface area contributed by atoms with E-state index in [1.165, 1.54) is 12.1 Å². The van der Waals surface area contributed by atoms with E-state index in [4.69, 9.17) is 5.26 Å². The third-order valence-corrected chi connectivity index (χ3v) is 3.89. The minimum Gasteiger partial charge on any atom is -0.326 e. The standard InChI is InChI=1S/C18H15FN2O/c19-15-7-5-14(6-8-15)17(13-3-4-13)18(22)21-16-9-1-12(11-20)2-10-16/h1-2,5-10,13,17H,3-4H2,(H,21,22). The summed E-state index contributed by atoms with van der Waals surface area (Å²) in [5.41, 5.74) is 2.06. The second-order valence-electron chi connectivity index (χ2n) is 5.55. The number of halogens is 1. The Labute approximate surface area is 128 Å². The summed E-state index contributed by atoms with van der Waals surface area (Å²) in [5.74, 6) is -0.315. The van der Waals surface area contributed by atoms with Crippen LogP contribution in [0.15, 0.2) is 48.5 Å². The molecule has 0 spiro atoms. The molecule has 1 amide bonds. The highest BCUT2D eigenvalue weighted by atomic mass is 19.1. The highest BCUT2D eigenvalue weighted by molar-refractivity contribution is 5.96. The van der Waals surface area contributed by atoms with E-state index in [2.05, 4.69) is 5.32 Å². The third-order valence-electron chi connectivity index (χ3n) is 3.89. The molecular weight excluding hydrogens is 279 g/mol. The van der Waals surface area contributed by atoms with E-state index in [0.29, 0.717) is 17.2 Å².